The molecular weight excluding hydrogens is 374 g/mol. The van der Waals surface area contributed by atoms with Gasteiger partial charge in [-0.15, -0.1) is 0 Å². The molecule has 6 nitrogen and oxygen atoms in total. The van der Waals surface area contributed by atoms with Crippen LogP contribution in [0.25, 0.3) is 0 Å². The van der Waals surface area contributed by atoms with Crippen molar-refractivity contribution in [2.24, 2.45) is 11.8 Å². The molecule has 0 spiro atoms. The van der Waals surface area contributed by atoms with Crippen LogP contribution in [-0.2, 0) is 4.79 Å². The van der Waals surface area contributed by atoms with E-state index in [1.807, 2.05) is 12.3 Å². The second-order valence-electron chi connectivity index (χ2n) is 9.96. The number of carbonyl (C=O) groups excluding carboxylic acids is 1. The molecule has 2 bridgehead atoms. The summed E-state index contributed by atoms with van der Waals surface area (Å²) in [6.07, 6.45) is 14.7. The number of rotatable bonds is 2. The first-order valence-corrected chi connectivity index (χ1v) is 11.9. The van der Waals surface area contributed by atoms with E-state index in [0.29, 0.717) is 17.9 Å². The lowest BCUT2D eigenvalue weighted by Gasteiger charge is -2.55. The first kappa shape index (κ1) is 19.0. The summed E-state index contributed by atoms with van der Waals surface area (Å²) in [4.78, 5) is 22.9. The van der Waals surface area contributed by atoms with Gasteiger partial charge in [0.1, 0.15) is 6.04 Å². The number of piperidine rings is 3. The standard InChI is InChI=1S/C24H33N5O/c30-24(21-13-20(26-27-21)17-5-3-8-25-14-17)29-10-4-6-16-11-18-12-19(23(16)29)15-28-9-2-1-7-22(18)28/h3,5,8,11,14,18-23,26-27H,1-2,4,6-7,9-10,12-13,15H2/t18-,19-,20?,21?,22?,23?/m1/s1. The number of carbonyl (C=O) groups is 1. The molecule has 2 N–H and O–H groups in total. The molecular formula is C24H33N5O. The van der Waals surface area contributed by atoms with Gasteiger partial charge in [0, 0.05) is 37.6 Å². The average molecular weight is 408 g/mol. The zero-order valence-electron chi connectivity index (χ0n) is 17.7. The highest BCUT2D eigenvalue weighted by Gasteiger charge is 2.48. The third-order valence-electron chi connectivity index (χ3n) is 8.23. The zero-order chi connectivity index (χ0) is 20.1. The third-order valence-corrected chi connectivity index (χ3v) is 8.23. The lowest BCUT2D eigenvalue weighted by molar-refractivity contribution is -0.138. The Bertz CT molecular complexity index is 826. The van der Waals surface area contributed by atoms with Gasteiger partial charge in [0.05, 0.1) is 6.04 Å². The third kappa shape index (κ3) is 3.20. The van der Waals surface area contributed by atoms with Crippen LogP contribution in [0.5, 0.6) is 0 Å². The van der Waals surface area contributed by atoms with Crippen molar-refractivity contribution >= 4 is 5.91 Å². The van der Waals surface area contributed by atoms with Crippen LogP contribution in [-0.4, -0.2) is 58.5 Å². The molecule has 4 aliphatic heterocycles. The van der Waals surface area contributed by atoms with Crippen molar-refractivity contribution in [2.45, 2.75) is 69.1 Å². The van der Waals surface area contributed by atoms with E-state index in [1.54, 1.807) is 11.8 Å². The molecule has 0 saturated carbocycles. The summed E-state index contributed by atoms with van der Waals surface area (Å²) in [7, 11) is 0. The number of likely N-dealkylation sites (tertiary alicyclic amines) is 1. The minimum atomic E-state index is -0.154. The second kappa shape index (κ2) is 7.74. The smallest absolute Gasteiger partial charge is 0.241 e. The summed E-state index contributed by atoms with van der Waals surface area (Å²) in [5.74, 6) is 1.60. The van der Waals surface area contributed by atoms with Crippen LogP contribution >= 0.6 is 0 Å². The van der Waals surface area contributed by atoms with Gasteiger partial charge < -0.3 is 4.90 Å². The highest BCUT2D eigenvalue weighted by molar-refractivity contribution is 5.83. The Hall–Kier alpha value is -1.76. The Labute approximate surface area is 179 Å². The van der Waals surface area contributed by atoms with Crippen LogP contribution in [0.15, 0.2) is 36.2 Å². The first-order chi connectivity index (χ1) is 14.8. The fourth-order valence-electron chi connectivity index (χ4n) is 6.94. The van der Waals surface area contributed by atoms with E-state index in [9.17, 15) is 4.79 Å². The number of fused-ring (bicyclic) bond motifs is 6. The van der Waals surface area contributed by atoms with Gasteiger partial charge in [-0.2, -0.15) is 0 Å². The largest absolute Gasteiger partial charge is 0.334 e. The first-order valence-electron chi connectivity index (χ1n) is 11.9. The van der Waals surface area contributed by atoms with Crippen molar-refractivity contribution in [3.63, 3.8) is 0 Å². The minimum absolute atomic E-state index is 0.145. The maximum Gasteiger partial charge on any atom is 0.241 e. The topological polar surface area (TPSA) is 60.5 Å². The molecule has 6 rings (SSSR count). The quantitative estimate of drug-likeness (QED) is 0.738. The Morgan fingerprint density at radius 3 is 3.00 bits per heavy atom. The van der Waals surface area contributed by atoms with E-state index < -0.39 is 0 Å². The van der Waals surface area contributed by atoms with Crippen molar-refractivity contribution < 1.29 is 4.79 Å². The number of aromatic nitrogens is 1. The number of nitrogens with zero attached hydrogens (tertiary/aromatic N) is 3. The molecule has 0 radical (unpaired) electrons. The van der Waals surface area contributed by atoms with Gasteiger partial charge in [-0.3, -0.25) is 14.7 Å². The number of hydrazine groups is 1. The predicted octanol–water partition coefficient (Wildman–Crippen LogP) is 2.41. The van der Waals surface area contributed by atoms with E-state index in [1.165, 1.54) is 45.2 Å². The Morgan fingerprint density at radius 1 is 1.13 bits per heavy atom. The van der Waals surface area contributed by atoms with Gasteiger partial charge in [-0.05, 0) is 68.5 Å². The van der Waals surface area contributed by atoms with Crippen molar-refractivity contribution in [1.29, 1.82) is 0 Å². The Balaban J connectivity index is 1.21. The van der Waals surface area contributed by atoms with Crippen LogP contribution in [0.3, 0.4) is 0 Å². The van der Waals surface area contributed by atoms with Gasteiger partial charge in [-0.1, -0.05) is 24.1 Å². The number of nitrogens with one attached hydrogen (secondary N) is 2. The van der Waals surface area contributed by atoms with Gasteiger partial charge in [0.15, 0.2) is 0 Å². The van der Waals surface area contributed by atoms with Crippen molar-refractivity contribution in [1.82, 2.24) is 25.6 Å². The summed E-state index contributed by atoms with van der Waals surface area (Å²) in [6, 6.07) is 5.12. The minimum Gasteiger partial charge on any atom is -0.334 e. The van der Waals surface area contributed by atoms with Gasteiger partial charge in [0.25, 0.3) is 0 Å². The second-order valence-corrected chi connectivity index (χ2v) is 9.96. The fraction of sp³-hybridized carbons (Fsp3) is 0.667. The van der Waals surface area contributed by atoms with Gasteiger partial charge in [0.2, 0.25) is 5.91 Å². The molecule has 4 saturated heterocycles. The van der Waals surface area contributed by atoms with Gasteiger partial charge in [-0.25, -0.2) is 10.9 Å². The van der Waals surface area contributed by atoms with E-state index in [2.05, 4.69) is 37.8 Å². The summed E-state index contributed by atoms with van der Waals surface area (Å²) < 4.78 is 0. The molecule has 1 aromatic heterocycles. The number of pyridine rings is 1. The molecule has 30 heavy (non-hydrogen) atoms. The van der Waals surface area contributed by atoms with E-state index >= 15 is 0 Å². The van der Waals surface area contributed by atoms with Crippen molar-refractivity contribution in [2.75, 3.05) is 19.6 Å². The monoisotopic (exact) mass is 407 g/mol. The maximum absolute atomic E-state index is 13.6. The lowest BCUT2D eigenvalue weighted by Crippen LogP contribution is -2.61. The molecule has 6 heteroatoms. The predicted molar refractivity (Wildman–Crippen MR) is 115 cm³/mol. The van der Waals surface area contributed by atoms with Crippen molar-refractivity contribution in [3.8, 4) is 0 Å². The molecule has 5 heterocycles. The lowest BCUT2D eigenvalue weighted by atomic mass is 9.68. The van der Waals surface area contributed by atoms with Crippen LogP contribution in [0.4, 0.5) is 0 Å². The normalized spacial score (nSPS) is 38.5. The molecule has 6 atom stereocenters. The summed E-state index contributed by atoms with van der Waals surface area (Å²) in [5, 5.41) is 0. The van der Waals surface area contributed by atoms with E-state index in [4.69, 9.17) is 0 Å². The van der Waals surface area contributed by atoms with Crippen LogP contribution in [0.2, 0.25) is 0 Å². The van der Waals surface area contributed by atoms with E-state index in [0.717, 1.165) is 31.0 Å². The molecule has 160 valence electrons. The number of amides is 1. The fourth-order valence-corrected chi connectivity index (χ4v) is 6.94. The Morgan fingerprint density at radius 2 is 2.10 bits per heavy atom. The SMILES string of the molecule is O=C(C1CC(c2cccnc2)NN1)N1CCCC2=C[C@@H]3C[C@H](CN4CCCCC34)C21. The molecule has 4 unspecified atom stereocenters. The van der Waals surface area contributed by atoms with Gasteiger partial charge >= 0.3 is 0 Å². The van der Waals surface area contributed by atoms with Crippen molar-refractivity contribution in [3.05, 3.63) is 41.7 Å². The van der Waals surface area contributed by atoms with Crippen LogP contribution < -0.4 is 10.9 Å². The Kier molecular flexibility index (Phi) is 4.89. The summed E-state index contributed by atoms with van der Waals surface area (Å²) in [6.45, 7) is 3.34. The average Bonchev–Trinajstić information content (AvgIpc) is 3.29. The van der Waals surface area contributed by atoms with E-state index in [-0.39, 0.29) is 18.0 Å². The zero-order valence-corrected chi connectivity index (χ0v) is 17.7. The summed E-state index contributed by atoms with van der Waals surface area (Å²) in [5.41, 5.74) is 9.34. The number of hydrogen-bond acceptors (Lipinski definition) is 5. The number of hydrogen-bond donors (Lipinski definition) is 2. The highest BCUT2D eigenvalue weighted by Crippen LogP contribution is 2.45. The summed E-state index contributed by atoms with van der Waals surface area (Å²) >= 11 is 0. The molecule has 5 aliphatic rings. The molecule has 0 aromatic carbocycles. The molecule has 1 aliphatic carbocycles. The van der Waals surface area contributed by atoms with Crippen LogP contribution in [0, 0.1) is 11.8 Å². The molecule has 4 fully saturated rings. The van der Waals surface area contributed by atoms with Crippen LogP contribution in [0.1, 0.15) is 56.6 Å². The highest BCUT2D eigenvalue weighted by atomic mass is 16.2. The molecule has 1 amide bonds. The molecule has 1 aromatic rings. The maximum atomic E-state index is 13.6.